The molecule has 1 rings (SSSR count). The Balaban J connectivity index is 0. The van der Waals surface area contributed by atoms with Gasteiger partial charge in [-0.25, -0.2) is 8.42 Å². The molecule has 0 aliphatic carbocycles. The molecule has 1 aromatic carbocycles. The summed E-state index contributed by atoms with van der Waals surface area (Å²) in [6.07, 6.45) is 1.14. The summed E-state index contributed by atoms with van der Waals surface area (Å²) in [5.74, 6) is 0. The van der Waals surface area contributed by atoms with Gasteiger partial charge in [0.25, 0.3) is 0 Å². The molecular formula is C8H12NNaO2S. The maximum Gasteiger partial charge on any atom is 1.00 e. The number of aryl methyl sites for hydroxylation is 1. The van der Waals surface area contributed by atoms with Crippen molar-refractivity contribution < 1.29 is 39.4 Å². The van der Waals surface area contributed by atoms with Gasteiger partial charge in [0.2, 0.25) is 10.0 Å². The van der Waals surface area contributed by atoms with Crippen molar-refractivity contribution in [2.45, 2.75) is 6.92 Å². The maximum atomic E-state index is 10.8. The van der Waals surface area contributed by atoms with Gasteiger partial charge in [-0.05, 0) is 18.6 Å². The van der Waals surface area contributed by atoms with E-state index in [1.807, 2.05) is 19.1 Å². The van der Waals surface area contributed by atoms with Gasteiger partial charge in [-0.3, -0.25) is 4.72 Å². The SMILES string of the molecule is Cc1ccccc1NS(C)(=O)=O.[H-].[Na+]. The van der Waals surface area contributed by atoms with Crippen molar-refractivity contribution in [2.75, 3.05) is 11.0 Å². The van der Waals surface area contributed by atoms with Crippen molar-refractivity contribution in [3.8, 4) is 0 Å². The van der Waals surface area contributed by atoms with Gasteiger partial charge in [0.15, 0.2) is 0 Å². The third-order valence-corrected chi connectivity index (χ3v) is 2.03. The van der Waals surface area contributed by atoms with E-state index in [-0.39, 0.29) is 31.0 Å². The smallest absolute Gasteiger partial charge is 1.00 e. The first-order valence-corrected chi connectivity index (χ1v) is 5.41. The Hall–Kier alpha value is -0.0300. The summed E-state index contributed by atoms with van der Waals surface area (Å²) in [4.78, 5) is 0. The van der Waals surface area contributed by atoms with Crippen LogP contribution in [0.1, 0.15) is 6.99 Å². The molecule has 3 nitrogen and oxygen atoms in total. The number of sulfonamides is 1. The van der Waals surface area contributed by atoms with Crippen molar-refractivity contribution in [3.63, 3.8) is 0 Å². The molecule has 0 saturated heterocycles. The first-order valence-electron chi connectivity index (χ1n) is 3.52. The van der Waals surface area contributed by atoms with Gasteiger partial charge in [0, 0.05) is 0 Å². The monoisotopic (exact) mass is 209 g/mol. The molecule has 5 heteroatoms. The number of hydrogen-bond acceptors (Lipinski definition) is 2. The van der Waals surface area contributed by atoms with Crippen LogP contribution < -0.4 is 34.3 Å². The third-order valence-electron chi connectivity index (χ3n) is 1.44. The van der Waals surface area contributed by atoms with Crippen molar-refractivity contribution >= 4 is 15.7 Å². The zero-order chi connectivity index (χ0) is 9.19. The molecule has 0 amide bonds. The van der Waals surface area contributed by atoms with E-state index in [0.717, 1.165) is 11.8 Å². The molecule has 0 aliphatic rings. The minimum Gasteiger partial charge on any atom is -1.00 e. The van der Waals surface area contributed by atoms with E-state index >= 15 is 0 Å². The molecule has 1 N–H and O–H groups in total. The number of benzene rings is 1. The molecule has 0 aromatic heterocycles. The average Bonchev–Trinajstić information content (AvgIpc) is 1.91. The number of para-hydroxylation sites is 1. The standard InChI is InChI=1S/C8H11NO2S.Na.H/c1-7-5-3-4-6-8(7)9-12(2,10)11;;/h3-6,9H,1-2H3;;/q;+1;-1. The maximum absolute atomic E-state index is 10.8. The molecular weight excluding hydrogens is 197 g/mol. The van der Waals surface area contributed by atoms with Gasteiger partial charge in [0.05, 0.1) is 11.9 Å². The van der Waals surface area contributed by atoms with E-state index in [1.54, 1.807) is 12.1 Å². The van der Waals surface area contributed by atoms with Crippen molar-refractivity contribution in [1.29, 1.82) is 0 Å². The van der Waals surface area contributed by atoms with E-state index in [9.17, 15) is 8.42 Å². The van der Waals surface area contributed by atoms with E-state index in [0.29, 0.717) is 5.69 Å². The Bertz CT molecular complexity index is 381. The molecule has 0 aliphatic heterocycles. The Morgan fingerprint density at radius 1 is 1.31 bits per heavy atom. The topological polar surface area (TPSA) is 46.2 Å². The van der Waals surface area contributed by atoms with Gasteiger partial charge in [-0.1, -0.05) is 18.2 Å². The summed E-state index contributed by atoms with van der Waals surface area (Å²) in [6.45, 7) is 1.85. The summed E-state index contributed by atoms with van der Waals surface area (Å²) in [7, 11) is -3.15. The predicted molar refractivity (Wildman–Crippen MR) is 50.8 cm³/mol. The molecule has 0 fully saturated rings. The van der Waals surface area contributed by atoms with Crippen LogP contribution in [0.15, 0.2) is 24.3 Å². The number of rotatable bonds is 2. The van der Waals surface area contributed by atoms with E-state index < -0.39 is 10.0 Å². The fourth-order valence-electron chi connectivity index (χ4n) is 0.887. The van der Waals surface area contributed by atoms with Gasteiger partial charge in [-0.15, -0.1) is 0 Å². The first kappa shape index (κ1) is 13.0. The second-order valence-electron chi connectivity index (χ2n) is 2.69. The molecule has 0 saturated carbocycles. The van der Waals surface area contributed by atoms with Crippen LogP contribution in [0.4, 0.5) is 5.69 Å². The van der Waals surface area contributed by atoms with Crippen LogP contribution in [-0.2, 0) is 10.0 Å². The second kappa shape index (κ2) is 5.00. The van der Waals surface area contributed by atoms with Crippen LogP contribution in [0.3, 0.4) is 0 Å². The fraction of sp³-hybridized carbons (Fsp3) is 0.250. The van der Waals surface area contributed by atoms with Crippen LogP contribution in [-0.4, -0.2) is 14.7 Å². The Labute approximate surface area is 102 Å². The summed E-state index contributed by atoms with van der Waals surface area (Å²) < 4.78 is 24.1. The largest absolute Gasteiger partial charge is 1.00 e. The predicted octanol–water partition coefficient (Wildman–Crippen LogP) is -1.52. The molecule has 0 atom stereocenters. The van der Waals surface area contributed by atoms with E-state index in [4.69, 9.17) is 0 Å². The van der Waals surface area contributed by atoms with Crippen LogP contribution >= 0.6 is 0 Å². The minimum absolute atomic E-state index is 0. The van der Waals surface area contributed by atoms with E-state index in [1.165, 1.54) is 0 Å². The molecule has 13 heavy (non-hydrogen) atoms. The molecule has 1 aromatic rings. The fourth-order valence-corrected chi connectivity index (χ4v) is 1.52. The molecule has 68 valence electrons. The van der Waals surface area contributed by atoms with Gasteiger partial charge in [-0.2, -0.15) is 0 Å². The molecule has 0 heterocycles. The Kier molecular flexibility index (Phi) is 4.99. The summed E-state index contributed by atoms with van der Waals surface area (Å²) in [6, 6.07) is 7.24. The van der Waals surface area contributed by atoms with Crippen LogP contribution in [0.25, 0.3) is 0 Å². The summed E-state index contributed by atoms with van der Waals surface area (Å²) in [5, 5.41) is 0. The zero-order valence-corrected chi connectivity index (χ0v) is 10.9. The summed E-state index contributed by atoms with van der Waals surface area (Å²) in [5.41, 5.74) is 1.56. The van der Waals surface area contributed by atoms with Crippen LogP contribution in [0.2, 0.25) is 0 Å². The van der Waals surface area contributed by atoms with Gasteiger partial charge < -0.3 is 1.43 Å². The zero-order valence-electron chi connectivity index (χ0n) is 9.03. The molecule has 0 unspecified atom stereocenters. The third kappa shape index (κ3) is 4.67. The van der Waals surface area contributed by atoms with E-state index in [2.05, 4.69) is 4.72 Å². The molecule has 0 bridgehead atoms. The van der Waals surface area contributed by atoms with Crippen molar-refractivity contribution in [1.82, 2.24) is 0 Å². The Morgan fingerprint density at radius 3 is 2.31 bits per heavy atom. The minimum atomic E-state index is -3.15. The van der Waals surface area contributed by atoms with Gasteiger partial charge in [0.1, 0.15) is 0 Å². The van der Waals surface area contributed by atoms with Crippen molar-refractivity contribution in [3.05, 3.63) is 29.8 Å². The average molecular weight is 209 g/mol. The Morgan fingerprint density at radius 2 is 1.85 bits per heavy atom. The summed E-state index contributed by atoms with van der Waals surface area (Å²) >= 11 is 0. The molecule has 0 radical (unpaired) electrons. The van der Waals surface area contributed by atoms with Crippen LogP contribution in [0.5, 0.6) is 0 Å². The quantitative estimate of drug-likeness (QED) is 0.601. The molecule has 0 spiro atoms. The van der Waals surface area contributed by atoms with Crippen molar-refractivity contribution in [2.24, 2.45) is 0 Å². The van der Waals surface area contributed by atoms with Crippen LogP contribution in [0, 0.1) is 6.92 Å². The second-order valence-corrected chi connectivity index (χ2v) is 4.44. The van der Waals surface area contributed by atoms with Gasteiger partial charge >= 0.3 is 29.6 Å². The first-order chi connectivity index (χ1) is 5.49. The normalized spacial score (nSPS) is 10.3. The number of hydrogen-bond donors (Lipinski definition) is 1. The number of anilines is 1. The number of nitrogens with one attached hydrogen (secondary N) is 1.